The van der Waals surface area contributed by atoms with E-state index in [0.29, 0.717) is 0 Å². The zero-order valence-corrected chi connectivity index (χ0v) is 8.01. The number of fused-ring (bicyclic) bond motifs is 2. The van der Waals surface area contributed by atoms with Gasteiger partial charge in [0.1, 0.15) is 6.34 Å². The molecule has 0 bridgehead atoms. The summed E-state index contributed by atoms with van der Waals surface area (Å²) in [6, 6.07) is 12.4. The lowest BCUT2D eigenvalue weighted by molar-refractivity contribution is 1.07. The Balaban J connectivity index is 2.35. The molecule has 1 aliphatic heterocycles. The number of hydrogen-bond donors (Lipinski definition) is 1. The highest BCUT2D eigenvalue weighted by molar-refractivity contribution is 5.97. The summed E-state index contributed by atoms with van der Waals surface area (Å²) in [6.45, 7) is 0. The molecule has 3 rings (SSSR count). The van der Waals surface area contributed by atoms with Crippen molar-refractivity contribution in [3.8, 4) is 0 Å². The summed E-state index contributed by atoms with van der Waals surface area (Å²) in [6.07, 6.45) is 3.38. The van der Waals surface area contributed by atoms with E-state index in [1.807, 2.05) is 12.1 Å². The van der Waals surface area contributed by atoms with E-state index in [1.54, 1.807) is 12.6 Å². The fourth-order valence-electron chi connectivity index (χ4n) is 1.70. The third-order valence-electron chi connectivity index (χ3n) is 2.43. The number of hydrogen-bond acceptors (Lipinski definition) is 3. The highest BCUT2D eigenvalue weighted by Gasteiger charge is 2.03. The quantitative estimate of drug-likeness (QED) is 0.688. The van der Waals surface area contributed by atoms with Crippen LogP contribution in [0.2, 0.25) is 0 Å². The predicted octanol–water partition coefficient (Wildman–Crippen LogP) is 2.44. The van der Waals surface area contributed by atoms with Crippen LogP contribution in [0.5, 0.6) is 0 Å². The van der Waals surface area contributed by atoms with E-state index in [2.05, 4.69) is 39.8 Å². The van der Waals surface area contributed by atoms with E-state index in [0.717, 1.165) is 11.3 Å². The molecule has 1 N–H and O–H groups in total. The number of aliphatic imine (C=N–C) groups is 1. The molecule has 0 amide bonds. The smallest absolute Gasteiger partial charge is 0.109 e. The van der Waals surface area contributed by atoms with E-state index in [1.165, 1.54) is 10.8 Å². The molecule has 1 aliphatic rings. The van der Waals surface area contributed by atoms with Crippen LogP contribution in [-0.2, 0) is 0 Å². The lowest BCUT2D eigenvalue weighted by Gasteiger charge is -2.02. The molecule has 15 heavy (non-hydrogen) atoms. The third-order valence-corrected chi connectivity index (χ3v) is 2.43. The zero-order chi connectivity index (χ0) is 10.1. The van der Waals surface area contributed by atoms with Crippen LogP contribution >= 0.6 is 0 Å². The third kappa shape index (κ3) is 1.38. The van der Waals surface area contributed by atoms with Crippen molar-refractivity contribution < 1.29 is 0 Å². The number of nitrogens with one attached hydrogen (secondary N) is 1. The van der Waals surface area contributed by atoms with Crippen molar-refractivity contribution in [2.24, 2.45) is 10.1 Å². The van der Waals surface area contributed by atoms with Gasteiger partial charge in [-0.25, -0.2) is 4.99 Å². The van der Waals surface area contributed by atoms with Crippen molar-refractivity contribution in [3.63, 3.8) is 0 Å². The minimum atomic E-state index is 0.947. The topological polar surface area (TPSA) is 36.8 Å². The highest BCUT2D eigenvalue weighted by Crippen LogP contribution is 2.25. The summed E-state index contributed by atoms with van der Waals surface area (Å²) in [5.74, 6) is 0. The van der Waals surface area contributed by atoms with Gasteiger partial charge in [0, 0.05) is 5.56 Å². The molecule has 0 spiro atoms. The summed E-state index contributed by atoms with van der Waals surface area (Å²) in [4.78, 5) is 4.28. The van der Waals surface area contributed by atoms with E-state index in [9.17, 15) is 0 Å². The van der Waals surface area contributed by atoms with Gasteiger partial charge >= 0.3 is 0 Å². The average molecular weight is 195 g/mol. The SMILES string of the molecule is C1=NNC=Nc2cc3ccccc3cc21. The number of rotatable bonds is 0. The van der Waals surface area contributed by atoms with Gasteiger partial charge in [0.05, 0.1) is 11.9 Å². The first-order valence-corrected chi connectivity index (χ1v) is 4.77. The Bertz CT molecular complexity index is 520. The first-order chi connectivity index (χ1) is 7.43. The first-order valence-electron chi connectivity index (χ1n) is 4.77. The molecule has 0 saturated carbocycles. The summed E-state index contributed by atoms with van der Waals surface area (Å²) in [5.41, 5.74) is 4.71. The van der Waals surface area contributed by atoms with Gasteiger partial charge in [-0.15, -0.1) is 0 Å². The fraction of sp³-hybridized carbons (Fsp3) is 0. The summed E-state index contributed by atoms with van der Waals surface area (Å²) < 4.78 is 0. The molecule has 1 heterocycles. The van der Waals surface area contributed by atoms with Crippen molar-refractivity contribution >= 4 is 29.0 Å². The molecule has 0 aliphatic carbocycles. The van der Waals surface area contributed by atoms with Crippen LogP contribution in [-0.4, -0.2) is 12.6 Å². The summed E-state index contributed by atoms with van der Waals surface area (Å²) in [5, 5.41) is 6.40. The second kappa shape index (κ2) is 3.20. The molecule has 2 aromatic rings. The zero-order valence-electron chi connectivity index (χ0n) is 8.01. The van der Waals surface area contributed by atoms with Crippen molar-refractivity contribution in [1.82, 2.24) is 5.43 Å². The van der Waals surface area contributed by atoms with E-state index >= 15 is 0 Å². The lowest BCUT2D eigenvalue weighted by Crippen LogP contribution is -1.98. The van der Waals surface area contributed by atoms with Crippen molar-refractivity contribution in [1.29, 1.82) is 0 Å². The maximum atomic E-state index is 4.28. The molecule has 0 atom stereocenters. The van der Waals surface area contributed by atoms with Gasteiger partial charge in [-0.1, -0.05) is 24.3 Å². The van der Waals surface area contributed by atoms with Crippen molar-refractivity contribution in [3.05, 3.63) is 42.0 Å². The van der Waals surface area contributed by atoms with E-state index < -0.39 is 0 Å². The summed E-state index contributed by atoms with van der Waals surface area (Å²) >= 11 is 0. The molecule has 0 fully saturated rings. The second-order valence-electron chi connectivity index (χ2n) is 3.40. The normalized spacial score (nSPS) is 13.3. The van der Waals surface area contributed by atoms with Crippen molar-refractivity contribution in [2.75, 3.05) is 0 Å². The molecular formula is C12H9N3. The average Bonchev–Trinajstić information content (AvgIpc) is 2.50. The lowest BCUT2D eigenvalue weighted by atomic mass is 10.1. The van der Waals surface area contributed by atoms with Gasteiger partial charge in [-0.2, -0.15) is 5.10 Å². The summed E-state index contributed by atoms with van der Waals surface area (Å²) in [7, 11) is 0. The van der Waals surface area contributed by atoms with Gasteiger partial charge in [0.25, 0.3) is 0 Å². The number of benzene rings is 2. The van der Waals surface area contributed by atoms with Crippen LogP contribution in [0.4, 0.5) is 5.69 Å². The minimum Gasteiger partial charge on any atom is -0.268 e. The largest absolute Gasteiger partial charge is 0.268 e. The minimum absolute atomic E-state index is 0.947. The van der Waals surface area contributed by atoms with Gasteiger partial charge in [0.15, 0.2) is 0 Å². The Labute approximate surface area is 87.1 Å². The molecule has 0 unspecified atom stereocenters. The Morgan fingerprint density at radius 1 is 1.00 bits per heavy atom. The monoisotopic (exact) mass is 195 g/mol. The number of nitrogens with zero attached hydrogens (tertiary/aromatic N) is 2. The van der Waals surface area contributed by atoms with Gasteiger partial charge in [-0.3, -0.25) is 5.43 Å². The van der Waals surface area contributed by atoms with Crippen LogP contribution < -0.4 is 5.43 Å². The first kappa shape index (κ1) is 8.17. The standard InChI is InChI=1S/C12H9N3/c1-2-4-10-6-12-11(5-9(10)3-1)7-14-15-8-13-12/h1-8H,(H,13,15). The van der Waals surface area contributed by atoms with E-state index in [-0.39, 0.29) is 0 Å². The highest BCUT2D eigenvalue weighted by atomic mass is 15.3. The van der Waals surface area contributed by atoms with Crippen LogP contribution in [0.25, 0.3) is 10.8 Å². The maximum Gasteiger partial charge on any atom is 0.109 e. The molecule has 3 heteroatoms. The van der Waals surface area contributed by atoms with Crippen LogP contribution in [0.1, 0.15) is 5.56 Å². The molecule has 2 aromatic carbocycles. The Morgan fingerprint density at radius 2 is 1.80 bits per heavy atom. The predicted molar refractivity (Wildman–Crippen MR) is 62.8 cm³/mol. The molecule has 72 valence electrons. The van der Waals surface area contributed by atoms with E-state index in [4.69, 9.17) is 0 Å². The van der Waals surface area contributed by atoms with Gasteiger partial charge in [-0.05, 0) is 22.9 Å². The number of hydrazone groups is 1. The Hall–Kier alpha value is -2.16. The molecular weight excluding hydrogens is 186 g/mol. The fourth-order valence-corrected chi connectivity index (χ4v) is 1.70. The van der Waals surface area contributed by atoms with Gasteiger partial charge < -0.3 is 0 Å². The van der Waals surface area contributed by atoms with Crippen LogP contribution in [0.3, 0.4) is 0 Å². The van der Waals surface area contributed by atoms with Crippen LogP contribution in [0, 0.1) is 0 Å². The Morgan fingerprint density at radius 3 is 2.67 bits per heavy atom. The molecule has 0 saturated heterocycles. The molecule has 0 radical (unpaired) electrons. The Kier molecular flexibility index (Phi) is 1.75. The van der Waals surface area contributed by atoms with Crippen LogP contribution in [0.15, 0.2) is 46.5 Å². The van der Waals surface area contributed by atoms with Crippen molar-refractivity contribution in [2.45, 2.75) is 0 Å². The second-order valence-corrected chi connectivity index (χ2v) is 3.40. The maximum absolute atomic E-state index is 4.28. The molecule has 3 nitrogen and oxygen atoms in total. The molecule has 0 aromatic heterocycles. The van der Waals surface area contributed by atoms with Gasteiger partial charge in [0.2, 0.25) is 0 Å².